The summed E-state index contributed by atoms with van der Waals surface area (Å²) in [5.41, 5.74) is 1.13. The minimum atomic E-state index is -3.52. The number of hydrogen-bond donors (Lipinski definition) is 2. The average molecular weight is 302 g/mol. The molecule has 8 heteroatoms. The third-order valence-electron chi connectivity index (χ3n) is 3.31. The summed E-state index contributed by atoms with van der Waals surface area (Å²) in [7, 11) is -3.52. The molecule has 0 amide bonds. The van der Waals surface area contributed by atoms with Crippen molar-refractivity contribution in [3.05, 3.63) is 11.4 Å². The number of sulfonamides is 1. The van der Waals surface area contributed by atoms with Crippen LogP contribution in [0.5, 0.6) is 0 Å². The molecular formula is C12H22N4O3S. The summed E-state index contributed by atoms with van der Waals surface area (Å²) in [4.78, 5) is 0.299. The van der Waals surface area contributed by atoms with Gasteiger partial charge in [-0.2, -0.15) is 9.40 Å². The van der Waals surface area contributed by atoms with Crippen LogP contribution in [0.1, 0.15) is 25.2 Å². The first-order valence-corrected chi connectivity index (χ1v) is 8.27. The molecule has 1 unspecified atom stereocenters. The molecule has 0 aliphatic carbocycles. The third kappa shape index (κ3) is 3.03. The standard InChI is InChI=1S/C12H22N4O3S/c1-4-13-7-11-12(10(3)14-15-11)20(17,18)16-5-6-19-9(2)8-16/h9,13H,4-8H2,1-3H3,(H,14,15). The van der Waals surface area contributed by atoms with Gasteiger partial charge < -0.3 is 10.1 Å². The first kappa shape index (κ1) is 15.4. The number of nitrogens with zero attached hydrogens (tertiary/aromatic N) is 2. The van der Waals surface area contributed by atoms with Crippen molar-refractivity contribution < 1.29 is 13.2 Å². The lowest BCUT2D eigenvalue weighted by Gasteiger charge is -2.30. The predicted molar refractivity (Wildman–Crippen MR) is 74.9 cm³/mol. The number of H-pyrrole nitrogens is 1. The molecule has 1 atom stereocenters. The van der Waals surface area contributed by atoms with Gasteiger partial charge in [-0.25, -0.2) is 8.42 Å². The zero-order valence-electron chi connectivity index (χ0n) is 12.1. The van der Waals surface area contributed by atoms with E-state index < -0.39 is 10.0 Å². The van der Waals surface area contributed by atoms with Crippen molar-refractivity contribution in [3.63, 3.8) is 0 Å². The van der Waals surface area contributed by atoms with Crippen molar-refractivity contribution in [2.45, 2.75) is 38.3 Å². The van der Waals surface area contributed by atoms with Crippen LogP contribution in [0.15, 0.2) is 4.90 Å². The molecule has 0 radical (unpaired) electrons. The van der Waals surface area contributed by atoms with E-state index in [1.165, 1.54) is 4.31 Å². The Labute approximate surface area is 119 Å². The lowest BCUT2D eigenvalue weighted by molar-refractivity contribution is 0.0101. The molecule has 0 bridgehead atoms. The Bertz CT molecular complexity index is 555. The minimum Gasteiger partial charge on any atom is -0.376 e. The fourth-order valence-corrected chi connectivity index (χ4v) is 4.14. The first-order chi connectivity index (χ1) is 9.46. The minimum absolute atomic E-state index is 0.0806. The van der Waals surface area contributed by atoms with E-state index >= 15 is 0 Å². The number of aryl methyl sites for hydroxylation is 1. The van der Waals surface area contributed by atoms with E-state index in [2.05, 4.69) is 15.5 Å². The maximum atomic E-state index is 12.8. The van der Waals surface area contributed by atoms with Crippen molar-refractivity contribution in [2.24, 2.45) is 0 Å². The van der Waals surface area contributed by atoms with Gasteiger partial charge in [-0.15, -0.1) is 0 Å². The molecule has 114 valence electrons. The summed E-state index contributed by atoms with van der Waals surface area (Å²) < 4.78 is 32.4. The summed E-state index contributed by atoms with van der Waals surface area (Å²) in [6, 6.07) is 0. The van der Waals surface area contributed by atoms with Crippen LogP contribution in [-0.2, 0) is 21.3 Å². The molecule has 0 saturated carbocycles. The highest BCUT2D eigenvalue weighted by molar-refractivity contribution is 7.89. The van der Waals surface area contributed by atoms with Gasteiger partial charge in [-0.1, -0.05) is 6.92 Å². The average Bonchev–Trinajstić information content (AvgIpc) is 2.78. The van der Waals surface area contributed by atoms with E-state index in [1.807, 2.05) is 13.8 Å². The molecule has 7 nitrogen and oxygen atoms in total. The third-order valence-corrected chi connectivity index (χ3v) is 5.37. The van der Waals surface area contributed by atoms with Crippen LogP contribution in [0, 0.1) is 6.92 Å². The topological polar surface area (TPSA) is 87.3 Å². The van der Waals surface area contributed by atoms with E-state index in [0.29, 0.717) is 42.5 Å². The Morgan fingerprint density at radius 1 is 1.55 bits per heavy atom. The van der Waals surface area contributed by atoms with E-state index in [1.54, 1.807) is 6.92 Å². The summed E-state index contributed by atoms with van der Waals surface area (Å²) in [5, 5.41) is 10.00. The number of nitrogens with one attached hydrogen (secondary N) is 2. The van der Waals surface area contributed by atoms with Crippen molar-refractivity contribution in [2.75, 3.05) is 26.2 Å². The van der Waals surface area contributed by atoms with Gasteiger partial charge in [0.05, 0.1) is 24.1 Å². The molecule has 2 rings (SSSR count). The van der Waals surface area contributed by atoms with Crippen LogP contribution >= 0.6 is 0 Å². The van der Waals surface area contributed by atoms with Gasteiger partial charge in [-0.3, -0.25) is 5.10 Å². The van der Waals surface area contributed by atoms with Gasteiger partial charge in [0, 0.05) is 19.6 Å². The number of aromatic amines is 1. The molecule has 0 aromatic carbocycles. The van der Waals surface area contributed by atoms with Crippen LogP contribution < -0.4 is 5.32 Å². The summed E-state index contributed by atoms with van der Waals surface area (Å²) in [5.74, 6) is 0. The first-order valence-electron chi connectivity index (χ1n) is 6.83. The van der Waals surface area contributed by atoms with Crippen LogP contribution in [0.25, 0.3) is 0 Å². The van der Waals surface area contributed by atoms with Gasteiger partial charge in [-0.05, 0) is 20.4 Å². The molecule has 1 saturated heterocycles. The maximum Gasteiger partial charge on any atom is 0.246 e. The fraction of sp³-hybridized carbons (Fsp3) is 0.750. The van der Waals surface area contributed by atoms with Crippen LogP contribution in [0.4, 0.5) is 0 Å². The second-order valence-corrected chi connectivity index (χ2v) is 6.82. The van der Waals surface area contributed by atoms with Gasteiger partial charge in [0.1, 0.15) is 4.90 Å². The monoisotopic (exact) mass is 302 g/mol. The maximum absolute atomic E-state index is 12.8. The quantitative estimate of drug-likeness (QED) is 0.813. The van der Waals surface area contributed by atoms with Crippen LogP contribution in [0.3, 0.4) is 0 Å². The zero-order chi connectivity index (χ0) is 14.8. The van der Waals surface area contributed by atoms with Crippen molar-refractivity contribution in [3.8, 4) is 0 Å². The van der Waals surface area contributed by atoms with Crippen LogP contribution in [0.2, 0.25) is 0 Å². The van der Waals surface area contributed by atoms with Crippen molar-refractivity contribution in [1.29, 1.82) is 0 Å². The van der Waals surface area contributed by atoms with E-state index in [0.717, 1.165) is 6.54 Å². The summed E-state index contributed by atoms with van der Waals surface area (Å²) in [6.07, 6.45) is -0.0806. The smallest absolute Gasteiger partial charge is 0.246 e. The molecule has 2 heterocycles. The van der Waals surface area contributed by atoms with Crippen molar-refractivity contribution >= 4 is 10.0 Å². The SMILES string of the molecule is CCNCc1n[nH]c(C)c1S(=O)(=O)N1CCOC(C)C1. The Morgan fingerprint density at radius 2 is 2.30 bits per heavy atom. The Balaban J connectivity index is 2.31. The number of aromatic nitrogens is 2. The Kier molecular flexibility index (Phi) is 4.79. The molecule has 1 aliphatic rings. The number of rotatable bonds is 5. The molecule has 1 fully saturated rings. The number of hydrogen-bond acceptors (Lipinski definition) is 5. The van der Waals surface area contributed by atoms with E-state index in [-0.39, 0.29) is 6.10 Å². The van der Waals surface area contributed by atoms with Gasteiger partial charge in [0.2, 0.25) is 10.0 Å². The highest BCUT2D eigenvalue weighted by Crippen LogP contribution is 2.23. The zero-order valence-corrected chi connectivity index (χ0v) is 13.0. The molecule has 1 aromatic heterocycles. The van der Waals surface area contributed by atoms with Gasteiger partial charge in [0.15, 0.2) is 0 Å². The lowest BCUT2D eigenvalue weighted by Crippen LogP contribution is -2.44. The second kappa shape index (κ2) is 6.21. The second-order valence-electron chi connectivity index (χ2n) is 4.95. The Hall–Kier alpha value is -0.960. The fourth-order valence-electron chi connectivity index (χ4n) is 2.31. The van der Waals surface area contributed by atoms with E-state index in [4.69, 9.17) is 4.74 Å². The van der Waals surface area contributed by atoms with Gasteiger partial charge in [0.25, 0.3) is 0 Å². The lowest BCUT2D eigenvalue weighted by atomic mass is 10.3. The molecule has 2 N–H and O–H groups in total. The highest BCUT2D eigenvalue weighted by atomic mass is 32.2. The summed E-state index contributed by atoms with van der Waals surface area (Å²) >= 11 is 0. The van der Waals surface area contributed by atoms with Crippen molar-refractivity contribution in [1.82, 2.24) is 19.8 Å². The highest BCUT2D eigenvalue weighted by Gasteiger charge is 2.33. The molecule has 1 aromatic rings. The van der Waals surface area contributed by atoms with Gasteiger partial charge >= 0.3 is 0 Å². The van der Waals surface area contributed by atoms with Crippen LogP contribution in [-0.4, -0.2) is 55.3 Å². The molecular weight excluding hydrogens is 280 g/mol. The molecule has 0 spiro atoms. The largest absolute Gasteiger partial charge is 0.376 e. The number of morpholine rings is 1. The Morgan fingerprint density at radius 3 is 2.95 bits per heavy atom. The summed E-state index contributed by atoms with van der Waals surface area (Å²) in [6.45, 7) is 7.99. The number of ether oxygens (including phenoxy) is 1. The van der Waals surface area contributed by atoms with E-state index in [9.17, 15) is 8.42 Å². The molecule has 20 heavy (non-hydrogen) atoms. The predicted octanol–water partition coefficient (Wildman–Crippen LogP) is 0.237. The molecule has 1 aliphatic heterocycles. The normalized spacial score (nSPS) is 21.2.